The molecule has 0 aromatic carbocycles. The first kappa shape index (κ1) is 9.71. The minimum absolute atomic E-state index is 0.0472. The van der Waals surface area contributed by atoms with Crippen molar-refractivity contribution >= 4 is 23.3 Å². The van der Waals surface area contributed by atoms with Crippen LogP contribution >= 0.6 is 11.6 Å². The highest BCUT2D eigenvalue weighted by Crippen LogP contribution is 2.26. The fraction of sp³-hybridized carbons (Fsp3) is 0.600. The van der Waals surface area contributed by atoms with Gasteiger partial charge in [0.2, 0.25) is 5.91 Å². The van der Waals surface area contributed by atoms with Crippen molar-refractivity contribution in [3.8, 4) is 0 Å². The molecule has 1 aliphatic heterocycles. The summed E-state index contributed by atoms with van der Waals surface area (Å²) in [6.07, 6.45) is 4.27. The van der Waals surface area contributed by atoms with E-state index in [2.05, 4.69) is 0 Å². The Kier molecular flexibility index (Phi) is 2.59. The molecule has 0 N–H and O–H groups in total. The molecule has 0 aromatic heterocycles. The number of carbonyl (C=O) groups excluding carboxylic acids is 2. The fourth-order valence-corrected chi connectivity index (χ4v) is 2.20. The van der Waals surface area contributed by atoms with E-state index in [1.807, 2.05) is 0 Å². The molecule has 3 nitrogen and oxygen atoms in total. The van der Waals surface area contributed by atoms with E-state index in [0.717, 1.165) is 18.5 Å². The van der Waals surface area contributed by atoms with Crippen LogP contribution in [0, 0.1) is 0 Å². The molecule has 1 saturated heterocycles. The number of hydrogen-bond acceptors (Lipinski definition) is 2. The van der Waals surface area contributed by atoms with Crippen LogP contribution in [0.2, 0.25) is 0 Å². The lowest BCUT2D eigenvalue weighted by molar-refractivity contribution is -0.126. The maximum atomic E-state index is 11.5. The third-order valence-corrected chi connectivity index (χ3v) is 2.90. The average molecular weight is 214 g/mol. The summed E-state index contributed by atoms with van der Waals surface area (Å²) < 4.78 is 0. The van der Waals surface area contributed by atoms with E-state index in [-0.39, 0.29) is 17.1 Å². The molecular formula is C10H12ClNO2. The maximum Gasteiger partial charge on any atom is 0.228 e. The number of alkyl halides is 1. The lowest BCUT2D eigenvalue weighted by Gasteiger charge is -2.22. The highest BCUT2D eigenvalue weighted by atomic mass is 35.5. The molecule has 1 fully saturated rings. The fourth-order valence-electron chi connectivity index (χ4n) is 1.93. The second kappa shape index (κ2) is 3.73. The van der Waals surface area contributed by atoms with Gasteiger partial charge in [0.1, 0.15) is 0 Å². The van der Waals surface area contributed by atoms with E-state index >= 15 is 0 Å². The van der Waals surface area contributed by atoms with Crippen molar-refractivity contribution in [2.24, 2.45) is 0 Å². The van der Waals surface area contributed by atoms with Crippen LogP contribution in [0.4, 0.5) is 0 Å². The van der Waals surface area contributed by atoms with Gasteiger partial charge in [0.15, 0.2) is 5.78 Å². The number of rotatable bonds is 1. The highest BCUT2D eigenvalue weighted by molar-refractivity contribution is 6.22. The van der Waals surface area contributed by atoms with Gasteiger partial charge in [0, 0.05) is 31.2 Å². The molecule has 0 bridgehead atoms. The number of allylic oxidation sites excluding steroid dienone is 2. The van der Waals surface area contributed by atoms with Crippen LogP contribution in [0.3, 0.4) is 0 Å². The van der Waals surface area contributed by atoms with E-state index < -0.39 is 0 Å². The Morgan fingerprint density at radius 3 is 2.71 bits per heavy atom. The van der Waals surface area contributed by atoms with Crippen LogP contribution in [0.25, 0.3) is 0 Å². The second-order valence-corrected chi connectivity index (χ2v) is 4.38. The zero-order valence-corrected chi connectivity index (χ0v) is 8.59. The Bertz CT molecular complexity index is 311. The highest BCUT2D eigenvalue weighted by Gasteiger charge is 2.31. The lowest BCUT2D eigenvalue weighted by atomic mass is 10.0. The van der Waals surface area contributed by atoms with E-state index in [1.54, 1.807) is 11.0 Å². The first-order chi connectivity index (χ1) is 6.66. The Morgan fingerprint density at radius 2 is 2.14 bits per heavy atom. The SMILES string of the molecule is O=C1C=C(N2CC(Cl)CC2=O)CCC1. The summed E-state index contributed by atoms with van der Waals surface area (Å²) in [6, 6.07) is 0. The van der Waals surface area contributed by atoms with Crippen LogP contribution in [0.15, 0.2) is 11.8 Å². The second-order valence-electron chi connectivity index (χ2n) is 3.76. The van der Waals surface area contributed by atoms with Crippen molar-refractivity contribution in [2.75, 3.05) is 6.54 Å². The zero-order valence-electron chi connectivity index (χ0n) is 7.83. The lowest BCUT2D eigenvalue weighted by Crippen LogP contribution is -2.26. The van der Waals surface area contributed by atoms with Crippen LogP contribution < -0.4 is 0 Å². The number of halogens is 1. The van der Waals surface area contributed by atoms with E-state index in [1.165, 1.54) is 0 Å². The molecule has 14 heavy (non-hydrogen) atoms. The standard InChI is InChI=1S/C10H12ClNO2/c11-7-4-10(14)12(6-7)8-2-1-3-9(13)5-8/h5,7H,1-4,6H2. The molecule has 2 aliphatic rings. The monoisotopic (exact) mass is 213 g/mol. The van der Waals surface area contributed by atoms with Crippen molar-refractivity contribution in [2.45, 2.75) is 31.1 Å². The first-order valence-corrected chi connectivity index (χ1v) is 5.28. The van der Waals surface area contributed by atoms with Gasteiger partial charge in [0.25, 0.3) is 0 Å². The predicted octanol–water partition coefficient (Wildman–Crippen LogP) is 1.46. The number of amides is 1. The van der Waals surface area contributed by atoms with Gasteiger partial charge in [-0.2, -0.15) is 0 Å². The third kappa shape index (κ3) is 1.82. The Balaban J connectivity index is 2.15. The predicted molar refractivity (Wildman–Crippen MR) is 52.9 cm³/mol. The van der Waals surface area contributed by atoms with Crippen molar-refractivity contribution in [1.29, 1.82) is 0 Å². The van der Waals surface area contributed by atoms with E-state index in [4.69, 9.17) is 11.6 Å². The molecule has 2 rings (SSSR count). The summed E-state index contributed by atoms with van der Waals surface area (Å²) in [5.74, 6) is 0.169. The molecule has 1 unspecified atom stereocenters. The maximum absolute atomic E-state index is 11.5. The van der Waals surface area contributed by atoms with Crippen molar-refractivity contribution < 1.29 is 9.59 Å². The van der Waals surface area contributed by atoms with Gasteiger partial charge in [-0.1, -0.05) is 0 Å². The third-order valence-electron chi connectivity index (χ3n) is 2.61. The molecule has 0 radical (unpaired) electrons. The molecule has 0 saturated carbocycles. The number of carbonyl (C=O) groups is 2. The number of nitrogens with zero attached hydrogens (tertiary/aromatic N) is 1. The zero-order chi connectivity index (χ0) is 10.1. The Morgan fingerprint density at radius 1 is 1.36 bits per heavy atom. The molecule has 0 aromatic rings. The topological polar surface area (TPSA) is 37.4 Å². The van der Waals surface area contributed by atoms with Gasteiger partial charge in [0.05, 0.1) is 5.38 Å². The summed E-state index contributed by atoms with van der Waals surface area (Å²) in [7, 11) is 0. The molecule has 1 amide bonds. The van der Waals surface area contributed by atoms with Crippen molar-refractivity contribution in [1.82, 2.24) is 4.90 Å². The number of hydrogen-bond donors (Lipinski definition) is 0. The summed E-state index contributed by atoms with van der Waals surface area (Å²) in [5, 5.41) is -0.0968. The van der Waals surface area contributed by atoms with Gasteiger partial charge in [-0.05, 0) is 12.8 Å². The molecule has 76 valence electrons. The minimum atomic E-state index is -0.0968. The summed E-state index contributed by atoms with van der Waals surface area (Å²) >= 11 is 5.88. The smallest absolute Gasteiger partial charge is 0.228 e. The molecule has 1 aliphatic carbocycles. The summed E-state index contributed by atoms with van der Waals surface area (Å²) in [6.45, 7) is 0.555. The van der Waals surface area contributed by atoms with Crippen LogP contribution in [0.5, 0.6) is 0 Å². The van der Waals surface area contributed by atoms with E-state index in [9.17, 15) is 9.59 Å². The molecule has 1 heterocycles. The van der Waals surface area contributed by atoms with Crippen molar-refractivity contribution in [3.05, 3.63) is 11.8 Å². The van der Waals surface area contributed by atoms with Crippen LogP contribution in [-0.4, -0.2) is 28.5 Å². The average Bonchev–Trinajstić information content (AvgIpc) is 2.45. The van der Waals surface area contributed by atoms with Crippen molar-refractivity contribution in [3.63, 3.8) is 0 Å². The minimum Gasteiger partial charge on any atom is -0.315 e. The largest absolute Gasteiger partial charge is 0.315 e. The summed E-state index contributed by atoms with van der Waals surface area (Å²) in [4.78, 5) is 24.3. The van der Waals surface area contributed by atoms with Gasteiger partial charge < -0.3 is 4.90 Å². The molecular weight excluding hydrogens is 202 g/mol. The molecule has 4 heteroatoms. The van der Waals surface area contributed by atoms with Gasteiger partial charge >= 0.3 is 0 Å². The number of ketones is 1. The van der Waals surface area contributed by atoms with Gasteiger partial charge in [-0.15, -0.1) is 11.6 Å². The van der Waals surface area contributed by atoms with Gasteiger partial charge in [-0.25, -0.2) is 0 Å². The normalized spacial score (nSPS) is 28.2. The molecule has 1 atom stereocenters. The summed E-state index contributed by atoms with van der Waals surface area (Å²) in [5.41, 5.74) is 0.856. The van der Waals surface area contributed by atoms with E-state index in [0.29, 0.717) is 19.4 Å². The Labute approximate surface area is 87.7 Å². The first-order valence-electron chi connectivity index (χ1n) is 4.84. The van der Waals surface area contributed by atoms with Crippen LogP contribution in [0.1, 0.15) is 25.7 Å². The van der Waals surface area contributed by atoms with Crippen LogP contribution in [-0.2, 0) is 9.59 Å². The number of likely N-dealkylation sites (tertiary alicyclic amines) is 1. The quantitative estimate of drug-likeness (QED) is 0.619. The molecule has 0 spiro atoms. The van der Waals surface area contributed by atoms with Gasteiger partial charge in [-0.3, -0.25) is 9.59 Å². The Hall–Kier alpha value is -0.830.